The van der Waals surface area contributed by atoms with Gasteiger partial charge in [0.25, 0.3) is 0 Å². The van der Waals surface area contributed by atoms with E-state index in [1.54, 1.807) is 0 Å². The van der Waals surface area contributed by atoms with E-state index >= 15 is 0 Å². The third kappa shape index (κ3) is 5.43. The molecular formula is C16H19F3N2O3. The number of primary amides is 1. The highest BCUT2D eigenvalue weighted by Crippen LogP contribution is 2.25. The fraction of sp³-hybridized carbons (Fsp3) is 0.500. The molecule has 8 heteroatoms. The molecule has 2 N–H and O–H groups in total. The Hall–Kier alpha value is -2.25. The van der Waals surface area contributed by atoms with Gasteiger partial charge in [0.2, 0.25) is 11.8 Å². The van der Waals surface area contributed by atoms with Crippen LogP contribution in [0.3, 0.4) is 0 Å². The molecule has 0 spiro atoms. The Morgan fingerprint density at radius 1 is 1.17 bits per heavy atom. The summed E-state index contributed by atoms with van der Waals surface area (Å²) >= 11 is 0. The van der Waals surface area contributed by atoms with Gasteiger partial charge in [-0.1, -0.05) is 25.0 Å². The van der Waals surface area contributed by atoms with Gasteiger partial charge in [-0.15, -0.1) is 13.2 Å². The van der Waals surface area contributed by atoms with E-state index in [1.165, 1.54) is 17.0 Å². The zero-order valence-corrected chi connectivity index (χ0v) is 13.0. The molecule has 0 atom stereocenters. The number of benzene rings is 1. The van der Waals surface area contributed by atoms with Crippen LogP contribution in [0.25, 0.3) is 0 Å². The molecule has 1 aromatic rings. The Kier molecular flexibility index (Phi) is 5.69. The first kappa shape index (κ1) is 18.1. The number of nitrogens with two attached hydrogens (primary N) is 1. The van der Waals surface area contributed by atoms with Crippen molar-refractivity contribution in [3.05, 3.63) is 29.8 Å². The molecule has 0 heterocycles. The molecule has 0 aliphatic heterocycles. The fourth-order valence-electron chi connectivity index (χ4n) is 2.89. The molecule has 2 amide bonds. The molecule has 1 saturated carbocycles. The van der Waals surface area contributed by atoms with Crippen LogP contribution in [-0.4, -0.2) is 35.7 Å². The average Bonchev–Trinajstić information content (AvgIpc) is 2.99. The summed E-state index contributed by atoms with van der Waals surface area (Å²) < 4.78 is 40.2. The third-order valence-electron chi connectivity index (χ3n) is 3.92. The highest BCUT2D eigenvalue weighted by Gasteiger charge is 2.31. The summed E-state index contributed by atoms with van der Waals surface area (Å²) in [5.41, 5.74) is 5.76. The van der Waals surface area contributed by atoms with Crippen molar-refractivity contribution in [1.29, 1.82) is 0 Å². The number of carbonyl (C=O) groups is 2. The van der Waals surface area contributed by atoms with Gasteiger partial charge in [0.05, 0.1) is 13.0 Å². The molecule has 1 fully saturated rings. The van der Waals surface area contributed by atoms with E-state index in [0.717, 1.165) is 37.8 Å². The van der Waals surface area contributed by atoms with Crippen LogP contribution in [-0.2, 0) is 16.0 Å². The lowest BCUT2D eigenvalue weighted by atomic mass is 10.1. The van der Waals surface area contributed by atoms with Gasteiger partial charge in [0.15, 0.2) is 0 Å². The van der Waals surface area contributed by atoms with Gasteiger partial charge in [-0.05, 0) is 30.5 Å². The van der Waals surface area contributed by atoms with Crippen molar-refractivity contribution >= 4 is 11.8 Å². The minimum Gasteiger partial charge on any atom is -0.406 e. The maximum Gasteiger partial charge on any atom is 0.573 e. The Labute approximate surface area is 137 Å². The van der Waals surface area contributed by atoms with Crippen LogP contribution in [0, 0.1) is 0 Å². The molecule has 1 aliphatic carbocycles. The molecule has 24 heavy (non-hydrogen) atoms. The normalized spacial score (nSPS) is 15.3. The zero-order valence-electron chi connectivity index (χ0n) is 13.0. The molecular weight excluding hydrogens is 325 g/mol. The maximum absolute atomic E-state index is 12.5. The minimum atomic E-state index is -4.75. The van der Waals surface area contributed by atoms with Gasteiger partial charge in [0, 0.05) is 6.04 Å². The van der Waals surface area contributed by atoms with Gasteiger partial charge in [-0.3, -0.25) is 9.59 Å². The van der Waals surface area contributed by atoms with Gasteiger partial charge >= 0.3 is 6.36 Å². The minimum absolute atomic E-state index is 0.00200. The second kappa shape index (κ2) is 7.55. The van der Waals surface area contributed by atoms with Crippen molar-refractivity contribution in [1.82, 2.24) is 4.90 Å². The van der Waals surface area contributed by atoms with Crippen LogP contribution < -0.4 is 10.5 Å². The summed E-state index contributed by atoms with van der Waals surface area (Å²) in [6.07, 6.45) is -1.10. The van der Waals surface area contributed by atoms with Gasteiger partial charge < -0.3 is 15.4 Å². The molecule has 0 saturated heterocycles. The smallest absolute Gasteiger partial charge is 0.406 e. The first-order chi connectivity index (χ1) is 11.2. The Bertz CT molecular complexity index is 581. The van der Waals surface area contributed by atoms with Crippen LogP contribution in [0.1, 0.15) is 31.2 Å². The second-order valence-corrected chi connectivity index (χ2v) is 5.79. The van der Waals surface area contributed by atoms with Gasteiger partial charge in [-0.2, -0.15) is 0 Å². The van der Waals surface area contributed by atoms with Crippen molar-refractivity contribution in [3.8, 4) is 5.75 Å². The predicted molar refractivity (Wildman–Crippen MR) is 80.0 cm³/mol. The number of hydrogen-bond donors (Lipinski definition) is 1. The number of hydrogen-bond acceptors (Lipinski definition) is 3. The molecule has 0 aromatic heterocycles. The zero-order chi connectivity index (χ0) is 17.7. The molecule has 132 valence electrons. The van der Waals surface area contributed by atoms with Crippen LogP contribution in [0.15, 0.2) is 24.3 Å². The van der Waals surface area contributed by atoms with Crippen molar-refractivity contribution < 1.29 is 27.5 Å². The lowest BCUT2D eigenvalue weighted by molar-refractivity contribution is -0.274. The van der Waals surface area contributed by atoms with E-state index in [1.807, 2.05) is 0 Å². The number of rotatable bonds is 6. The van der Waals surface area contributed by atoms with E-state index < -0.39 is 12.3 Å². The summed E-state index contributed by atoms with van der Waals surface area (Å²) in [7, 11) is 0. The van der Waals surface area contributed by atoms with E-state index in [9.17, 15) is 22.8 Å². The average molecular weight is 344 g/mol. The van der Waals surface area contributed by atoms with E-state index in [4.69, 9.17) is 5.73 Å². The first-order valence-electron chi connectivity index (χ1n) is 7.67. The summed E-state index contributed by atoms with van der Waals surface area (Å²) in [6.45, 7) is -0.140. The number of alkyl halides is 3. The van der Waals surface area contributed by atoms with Crippen molar-refractivity contribution in [2.24, 2.45) is 5.73 Å². The van der Waals surface area contributed by atoms with E-state index in [0.29, 0.717) is 5.56 Å². The first-order valence-corrected chi connectivity index (χ1v) is 7.67. The summed E-state index contributed by atoms with van der Waals surface area (Å²) in [4.78, 5) is 25.1. The summed E-state index contributed by atoms with van der Waals surface area (Å²) in [5.74, 6) is -1.18. The molecule has 5 nitrogen and oxygen atoms in total. The number of nitrogens with zero attached hydrogens (tertiary/aromatic N) is 1. The lowest BCUT2D eigenvalue weighted by Crippen LogP contribution is -2.44. The highest BCUT2D eigenvalue weighted by atomic mass is 19.4. The fourth-order valence-corrected chi connectivity index (χ4v) is 2.89. The number of ether oxygens (including phenoxy) is 1. The molecule has 0 unspecified atom stereocenters. The van der Waals surface area contributed by atoms with Crippen molar-refractivity contribution in [2.45, 2.75) is 44.5 Å². The van der Waals surface area contributed by atoms with E-state index in [-0.39, 0.29) is 30.7 Å². The Morgan fingerprint density at radius 3 is 2.25 bits per heavy atom. The highest BCUT2D eigenvalue weighted by molar-refractivity contribution is 5.85. The quantitative estimate of drug-likeness (QED) is 0.861. The Morgan fingerprint density at radius 2 is 1.75 bits per heavy atom. The lowest BCUT2D eigenvalue weighted by Gasteiger charge is -2.28. The van der Waals surface area contributed by atoms with Crippen LogP contribution in [0.5, 0.6) is 5.75 Å². The Balaban J connectivity index is 2.01. The van der Waals surface area contributed by atoms with Gasteiger partial charge in [-0.25, -0.2) is 0 Å². The predicted octanol–water partition coefficient (Wildman–Crippen LogP) is 2.38. The van der Waals surface area contributed by atoms with Crippen LogP contribution in [0.2, 0.25) is 0 Å². The molecule has 0 bridgehead atoms. The monoisotopic (exact) mass is 344 g/mol. The molecule has 2 rings (SSSR count). The van der Waals surface area contributed by atoms with Crippen molar-refractivity contribution in [2.75, 3.05) is 6.54 Å². The SMILES string of the molecule is NC(=O)CN(C(=O)Cc1ccc(OC(F)(F)F)cc1)C1CCCC1. The number of halogens is 3. The van der Waals surface area contributed by atoms with Crippen LogP contribution in [0.4, 0.5) is 13.2 Å². The second-order valence-electron chi connectivity index (χ2n) is 5.79. The van der Waals surface area contributed by atoms with Crippen LogP contribution >= 0.6 is 0 Å². The topological polar surface area (TPSA) is 72.6 Å². The van der Waals surface area contributed by atoms with Crippen molar-refractivity contribution in [3.63, 3.8) is 0 Å². The van der Waals surface area contributed by atoms with E-state index in [2.05, 4.69) is 4.74 Å². The standard InChI is InChI=1S/C16H19F3N2O3/c17-16(18,19)24-13-7-5-11(6-8-13)9-15(23)21(10-14(20)22)12-3-1-2-4-12/h5-8,12H,1-4,9-10H2,(H2,20,22). The van der Waals surface area contributed by atoms with Gasteiger partial charge in [0.1, 0.15) is 5.75 Å². The largest absolute Gasteiger partial charge is 0.573 e. The summed E-state index contributed by atoms with van der Waals surface area (Å²) in [5, 5.41) is 0. The molecule has 0 radical (unpaired) electrons. The number of carbonyl (C=O) groups excluding carboxylic acids is 2. The molecule has 1 aromatic carbocycles. The molecule has 1 aliphatic rings. The number of amides is 2. The maximum atomic E-state index is 12.5. The summed E-state index contributed by atoms with van der Waals surface area (Å²) in [6, 6.07) is 5.11. The third-order valence-corrected chi connectivity index (χ3v) is 3.92.